The zero-order valence-electron chi connectivity index (χ0n) is 15.7. The largest absolute Gasteiger partial charge is 0.344 e. The van der Waals surface area contributed by atoms with Gasteiger partial charge in [0.05, 0.1) is 32.5 Å². The van der Waals surface area contributed by atoms with E-state index < -0.39 is 0 Å². The van der Waals surface area contributed by atoms with Crippen LogP contribution in [-0.4, -0.2) is 9.13 Å². The van der Waals surface area contributed by atoms with Crippen molar-refractivity contribution in [2.45, 2.75) is 16.2 Å². The Morgan fingerprint density at radius 2 is 1.69 bits per heavy atom. The summed E-state index contributed by atoms with van der Waals surface area (Å²) in [6, 6.07) is 23.2. The van der Waals surface area contributed by atoms with Crippen LogP contribution in [0.15, 0.2) is 70.9 Å². The summed E-state index contributed by atoms with van der Waals surface area (Å²) < 4.78 is 6.45. The van der Waals surface area contributed by atoms with Gasteiger partial charge in [0.15, 0.2) is 0 Å². The summed E-state index contributed by atoms with van der Waals surface area (Å²) in [7, 11) is 2.21. The summed E-state index contributed by atoms with van der Waals surface area (Å²) >= 11 is 3.92. The molecule has 0 aliphatic carbocycles. The molecule has 4 heteroatoms. The molecule has 0 saturated carbocycles. The van der Waals surface area contributed by atoms with E-state index in [4.69, 9.17) is 0 Å². The smallest absolute Gasteiger partial charge is 0.0767 e. The molecule has 3 aromatic carbocycles. The standard InChI is InChI=1S/C25H16N2S2/c1-26-16-7-4-6-14-20(16)21-17(26)10-9-15-22(21)27(18-11-12-28-24(14)18)23-13-5-2-3-8-19(13)29-25(15)23/h2-12,23,25H,1H3. The maximum absolute atomic E-state index is 2.67. The lowest BCUT2D eigenvalue weighted by Crippen LogP contribution is -2.06. The second-order valence-electron chi connectivity index (χ2n) is 8.18. The van der Waals surface area contributed by atoms with Gasteiger partial charge in [-0.05, 0) is 40.8 Å². The Hall–Kier alpha value is -2.69. The maximum Gasteiger partial charge on any atom is 0.0767 e. The number of hydrogen-bond acceptors (Lipinski definition) is 2. The fourth-order valence-corrected chi connectivity index (χ4v) is 8.21. The molecule has 0 amide bonds. The van der Waals surface area contributed by atoms with Gasteiger partial charge in [-0.3, -0.25) is 0 Å². The van der Waals surface area contributed by atoms with Crippen molar-refractivity contribution in [2.75, 3.05) is 0 Å². The van der Waals surface area contributed by atoms with E-state index >= 15 is 0 Å². The maximum atomic E-state index is 2.67. The summed E-state index contributed by atoms with van der Waals surface area (Å²) in [5, 5.41) is 6.97. The first kappa shape index (κ1) is 15.2. The molecule has 2 nitrogen and oxygen atoms in total. The molecule has 2 atom stereocenters. The van der Waals surface area contributed by atoms with Crippen molar-refractivity contribution in [1.82, 2.24) is 9.13 Å². The number of aryl methyl sites for hydroxylation is 1. The zero-order chi connectivity index (χ0) is 18.9. The van der Waals surface area contributed by atoms with E-state index in [1.165, 1.54) is 58.9 Å². The van der Waals surface area contributed by atoms with E-state index in [0.29, 0.717) is 11.3 Å². The third kappa shape index (κ3) is 1.58. The van der Waals surface area contributed by atoms with E-state index in [9.17, 15) is 0 Å². The van der Waals surface area contributed by atoms with Crippen LogP contribution in [0.4, 0.5) is 0 Å². The fourth-order valence-electron chi connectivity index (χ4n) is 5.82. The molecule has 2 aliphatic rings. The highest BCUT2D eigenvalue weighted by atomic mass is 32.2. The minimum Gasteiger partial charge on any atom is -0.344 e. The molecule has 6 aromatic rings. The molecule has 5 heterocycles. The Bertz CT molecular complexity index is 1660. The lowest BCUT2D eigenvalue weighted by atomic mass is 10.0. The van der Waals surface area contributed by atoms with E-state index in [0.717, 1.165) is 0 Å². The van der Waals surface area contributed by atoms with Gasteiger partial charge in [0.25, 0.3) is 0 Å². The SMILES string of the molecule is Cn1c2cccc3c4sccc4n4c5c(ccc1c5c32)C1Sc2ccccc2C14. The number of thioether (sulfide) groups is 1. The molecule has 0 saturated heterocycles. The van der Waals surface area contributed by atoms with Gasteiger partial charge in [-0.1, -0.05) is 36.4 Å². The van der Waals surface area contributed by atoms with Crippen LogP contribution < -0.4 is 0 Å². The van der Waals surface area contributed by atoms with Crippen LogP contribution in [0.5, 0.6) is 0 Å². The molecular formula is C25H16N2S2. The average molecular weight is 409 g/mol. The number of nitrogens with zero attached hydrogens (tertiary/aromatic N) is 2. The first-order valence-electron chi connectivity index (χ1n) is 9.99. The quantitative estimate of drug-likeness (QED) is 0.257. The predicted octanol–water partition coefficient (Wildman–Crippen LogP) is 7.25. The Kier molecular flexibility index (Phi) is 2.56. The van der Waals surface area contributed by atoms with Gasteiger partial charge in [0, 0.05) is 33.6 Å². The summed E-state index contributed by atoms with van der Waals surface area (Å²) in [5.74, 6) is 0. The van der Waals surface area contributed by atoms with Crippen LogP contribution in [0.2, 0.25) is 0 Å². The Labute approximate surface area is 175 Å². The van der Waals surface area contributed by atoms with Gasteiger partial charge < -0.3 is 9.13 Å². The molecule has 3 aromatic heterocycles. The minimum absolute atomic E-state index is 0.370. The second-order valence-corrected chi connectivity index (χ2v) is 10.3. The third-order valence-corrected chi connectivity index (χ3v) is 9.28. The van der Waals surface area contributed by atoms with Crippen LogP contribution >= 0.6 is 23.1 Å². The first-order chi connectivity index (χ1) is 14.3. The highest BCUT2D eigenvalue weighted by molar-refractivity contribution is 8.00. The number of aromatic nitrogens is 2. The molecule has 0 radical (unpaired) electrons. The second kappa shape index (κ2) is 4.89. The summed E-state index contributed by atoms with van der Waals surface area (Å²) in [5.41, 5.74) is 8.45. The Balaban J connectivity index is 1.73. The van der Waals surface area contributed by atoms with Crippen molar-refractivity contribution in [2.24, 2.45) is 7.05 Å². The third-order valence-electron chi connectivity index (χ3n) is 6.95. The number of benzene rings is 3. The van der Waals surface area contributed by atoms with Crippen molar-refractivity contribution >= 4 is 66.0 Å². The average Bonchev–Trinajstić information content (AvgIpc) is 3.48. The van der Waals surface area contributed by atoms with Crippen LogP contribution in [-0.2, 0) is 7.05 Å². The highest BCUT2D eigenvalue weighted by Crippen LogP contribution is 2.61. The number of hydrogen-bond donors (Lipinski definition) is 0. The predicted molar refractivity (Wildman–Crippen MR) is 124 cm³/mol. The van der Waals surface area contributed by atoms with Gasteiger partial charge in [-0.2, -0.15) is 0 Å². The number of thiophene rings is 1. The fraction of sp³-hybridized carbons (Fsp3) is 0.120. The molecule has 0 N–H and O–H groups in total. The summed E-state index contributed by atoms with van der Waals surface area (Å²) in [6.45, 7) is 0. The van der Waals surface area contributed by atoms with Crippen molar-refractivity contribution < 1.29 is 0 Å². The van der Waals surface area contributed by atoms with E-state index in [1.807, 2.05) is 23.1 Å². The van der Waals surface area contributed by atoms with Gasteiger partial charge in [0.1, 0.15) is 0 Å². The number of rotatable bonds is 0. The van der Waals surface area contributed by atoms with Crippen LogP contribution in [0.25, 0.3) is 42.9 Å². The van der Waals surface area contributed by atoms with Crippen molar-refractivity contribution in [3.8, 4) is 0 Å². The first-order valence-corrected chi connectivity index (χ1v) is 11.8. The highest BCUT2D eigenvalue weighted by Gasteiger charge is 2.43. The van der Waals surface area contributed by atoms with Crippen LogP contribution in [0.3, 0.4) is 0 Å². The molecule has 0 spiro atoms. The monoisotopic (exact) mass is 408 g/mol. The normalized spacial score (nSPS) is 19.8. The molecule has 2 aliphatic heterocycles. The van der Waals surface area contributed by atoms with Crippen LogP contribution in [0, 0.1) is 0 Å². The van der Waals surface area contributed by atoms with E-state index in [2.05, 4.69) is 82.2 Å². The van der Waals surface area contributed by atoms with Crippen LogP contribution in [0.1, 0.15) is 22.4 Å². The molecule has 0 fully saturated rings. The minimum atomic E-state index is 0.370. The zero-order valence-corrected chi connectivity index (χ0v) is 17.3. The van der Waals surface area contributed by atoms with E-state index in [1.54, 1.807) is 0 Å². The topological polar surface area (TPSA) is 9.86 Å². The van der Waals surface area contributed by atoms with Crippen molar-refractivity contribution in [1.29, 1.82) is 0 Å². The van der Waals surface area contributed by atoms with Crippen molar-refractivity contribution in [3.63, 3.8) is 0 Å². The lowest BCUT2D eigenvalue weighted by Gasteiger charge is -2.15. The lowest BCUT2D eigenvalue weighted by molar-refractivity contribution is 0.650. The molecule has 8 rings (SSSR count). The molecule has 0 bridgehead atoms. The van der Waals surface area contributed by atoms with Gasteiger partial charge in [-0.15, -0.1) is 23.1 Å². The molecule has 29 heavy (non-hydrogen) atoms. The molecule has 138 valence electrons. The van der Waals surface area contributed by atoms with Gasteiger partial charge in [0.2, 0.25) is 0 Å². The Morgan fingerprint density at radius 3 is 2.66 bits per heavy atom. The van der Waals surface area contributed by atoms with Gasteiger partial charge in [-0.25, -0.2) is 0 Å². The summed E-state index contributed by atoms with van der Waals surface area (Å²) in [6.07, 6.45) is 0. The van der Waals surface area contributed by atoms with Gasteiger partial charge >= 0.3 is 0 Å². The van der Waals surface area contributed by atoms with E-state index in [-0.39, 0.29) is 0 Å². The molecule has 2 unspecified atom stereocenters. The summed E-state index contributed by atoms with van der Waals surface area (Å²) in [4.78, 5) is 1.44. The number of fused-ring (bicyclic) bond motifs is 8. The Morgan fingerprint density at radius 1 is 0.793 bits per heavy atom. The molecular weight excluding hydrogens is 392 g/mol. The van der Waals surface area contributed by atoms with Crippen molar-refractivity contribution in [3.05, 3.63) is 77.2 Å².